The van der Waals surface area contributed by atoms with Crippen LogP contribution < -0.4 is 4.35 Å². The Kier molecular flexibility index (Phi) is 9.23. The predicted octanol–water partition coefficient (Wildman–Crippen LogP) is 3.29. The zero-order chi connectivity index (χ0) is 14.6. The molecule has 106 valence electrons. The van der Waals surface area contributed by atoms with Crippen molar-refractivity contribution in [2.75, 3.05) is 0 Å². The first-order valence-electron chi connectivity index (χ1n) is 5.59. The molecule has 0 spiro atoms. The molecule has 0 aromatic heterocycles. The number of aliphatic carboxylic acids is 1. The maximum absolute atomic E-state index is 10.8. The molecule has 0 bridgehead atoms. The van der Waals surface area contributed by atoms with E-state index in [-0.39, 0.29) is 22.2 Å². The van der Waals surface area contributed by atoms with Gasteiger partial charge in [-0.2, -0.15) is 0 Å². The Morgan fingerprint density at radius 1 is 1.32 bits per heavy atom. The molecule has 0 aliphatic heterocycles. The van der Waals surface area contributed by atoms with E-state index in [0.29, 0.717) is 6.42 Å². The number of benzene rings is 1. The zero-order valence-corrected chi connectivity index (χ0v) is 21.1. The molecule has 0 fully saturated rings. The molecule has 0 saturated carbocycles. The third-order valence-electron chi connectivity index (χ3n) is 2.43. The minimum atomic E-state index is -0.710. The van der Waals surface area contributed by atoms with Crippen LogP contribution in [0.1, 0.15) is 12.0 Å². The number of rotatable bonds is 6. The van der Waals surface area contributed by atoms with Crippen molar-refractivity contribution in [1.82, 2.24) is 0 Å². The third-order valence-corrected chi connectivity index (χ3v) is 19.7. The third kappa shape index (κ3) is 6.33. The van der Waals surface area contributed by atoms with Gasteiger partial charge in [0.15, 0.2) is 0 Å². The van der Waals surface area contributed by atoms with Gasteiger partial charge in [-0.05, 0) is 0 Å². The topological polar surface area (TPSA) is 37.3 Å². The van der Waals surface area contributed by atoms with Crippen LogP contribution in [-0.2, 0) is 11.2 Å². The maximum atomic E-state index is 10.8. The number of carboxylic acid groups (broad SMARTS) is 1. The van der Waals surface area contributed by atoms with Crippen molar-refractivity contribution >= 4 is 108 Å². The van der Waals surface area contributed by atoms with Crippen LogP contribution in [0.3, 0.4) is 0 Å². The van der Waals surface area contributed by atoms with Crippen LogP contribution in [0.15, 0.2) is 6.07 Å². The molecule has 0 radical (unpaired) electrons. The summed E-state index contributed by atoms with van der Waals surface area (Å²) in [5, 5.41) is 8.86. The van der Waals surface area contributed by atoms with E-state index in [1.165, 1.54) is 20.3 Å². The molecule has 19 heavy (non-hydrogen) atoms. The van der Waals surface area contributed by atoms with E-state index in [1.54, 1.807) is 4.35 Å². The normalized spacial score (nSPS) is 11.7. The van der Waals surface area contributed by atoms with Gasteiger partial charge in [0.05, 0.1) is 0 Å². The van der Waals surface area contributed by atoms with E-state index in [1.807, 2.05) is 0 Å². The number of carbonyl (C=O) groups is 1. The van der Waals surface area contributed by atoms with Crippen molar-refractivity contribution < 1.29 is 9.90 Å². The SMILES string of the molecule is C[As](C)C[AsH]c1c(I)cc(I)c(CCC(=O)O)c1I. The summed E-state index contributed by atoms with van der Waals surface area (Å²) in [7, 11) is 0. The fourth-order valence-corrected chi connectivity index (χ4v) is 14.7. The van der Waals surface area contributed by atoms with Crippen molar-refractivity contribution in [3.8, 4) is 0 Å². The predicted molar refractivity (Wildman–Crippen MR) is 110 cm³/mol. The molecule has 1 atom stereocenters. The van der Waals surface area contributed by atoms with Gasteiger partial charge in [-0.25, -0.2) is 0 Å². The fourth-order valence-electron chi connectivity index (χ4n) is 1.49. The van der Waals surface area contributed by atoms with E-state index in [9.17, 15) is 4.79 Å². The quantitative estimate of drug-likeness (QED) is 0.362. The summed E-state index contributed by atoms with van der Waals surface area (Å²) in [6.45, 7) is 0. The molecule has 7 heteroatoms. The Morgan fingerprint density at radius 3 is 2.47 bits per heavy atom. The first kappa shape index (κ1) is 19.0. The summed E-state index contributed by atoms with van der Waals surface area (Å²) < 4.78 is 6.92. The molecule has 0 saturated heterocycles. The van der Waals surface area contributed by atoms with Crippen LogP contribution >= 0.6 is 67.8 Å². The van der Waals surface area contributed by atoms with Gasteiger partial charge in [-0.15, -0.1) is 0 Å². The van der Waals surface area contributed by atoms with Gasteiger partial charge in [-0.1, -0.05) is 0 Å². The fraction of sp³-hybridized carbons (Fsp3) is 0.417. The first-order chi connectivity index (χ1) is 8.82. The van der Waals surface area contributed by atoms with Gasteiger partial charge in [0.25, 0.3) is 0 Å². The summed E-state index contributed by atoms with van der Waals surface area (Å²) in [4.78, 5) is 10.8. The van der Waals surface area contributed by atoms with Crippen LogP contribution in [0, 0.1) is 10.7 Å². The summed E-state index contributed by atoms with van der Waals surface area (Å²) in [5.41, 5.74) is 6.07. The molecule has 0 heterocycles. The Balaban J connectivity index is 3.03. The standard InChI is InChI=1S/C12H15As2I3O2/c1-14(2)6-13-11-9(16)5-8(15)7(12(11)17)3-4-10(18)19/h5,13H,3-4,6H2,1-2H3,(H,18,19). The van der Waals surface area contributed by atoms with E-state index in [2.05, 4.69) is 85.3 Å². The molecule has 0 amide bonds. The summed E-state index contributed by atoms with van der Waals surface area (Å²) in [5.74, 6) is -0.710. The van der Waals surface area contributed by atoms with E-state index >= 15 is 0 Å². The molecule has 1 aromatic rings. The van der Waals surface area contributed by atoms with Crippen LogP contribution in [0.25, 0.3) is 0 Å². The van der Waals surface area contributed by atoms with Gasteiger partial charge in [0.2, 0.25) is 0 Å². The molecule has 1 aromatic carbocycles. The molecule has 0 aliphatic rings. The molecule has 0 aliphatic carbocycles. The van der Waals surface area contributed by atoms with Crippen molar-refractivity contribution in [3.63, 3.8) is 0 Å². The van der Waals surface area contributed by atoms with Crippen molar-refractivity contribution in [3.05, 3.63) is 22.3 Å². The van der Waals surface area contributed by atoms with Crippen LogP contribution in [0.4, 0.5) is 0 Å². The van der Waals surface area contributed by atoms with E-state index in [4.69, 9.17) is 5.11 Å². The molecule has 2 nitrogen and oxygen atoms in total. The number of hydrogen-bond acceptors (Lipinski definition) is 1. The van der Waals surface area contributed by atoms with E-state index in [0.717, 1.165) is 0 Å². The Hall–Kier alpha value is 2.00. The van der Waals surface area contributed by atoms with Crippen LogP contribution in [-0.4, -0.2) is 41.5 Å². The average molecular weight is 722 g/mol. The molecule has 1 unspecified atom stereocenters. The van der Waals surface area contributed by atoms with Gasteiger partial charge < -0.3 is 0 Å². The van der Waals surface area contributed by atoms with Crippen molar-refractivity contribution in [2.45, 2.75) is 28.3 Å². The Labute approximate surface area is 166 Å². The van der Waals surface area contributed by atoms with Gasteiger partial charge >= 0.3 is 169 Å². The van der Waals surface area contributed by atoms with E-state index < -0.39 is 20.6 Å². The summed E-state index contributed by atoms with van der Waals surface area (Å²) >= 11 is 6.60. The second-order valence-electron chi connectivity index (χ2n) is 4.32. The summed E-state index contributed by atoms with van der Waals surface area (Å²) in [6.07, 6.45) is 0.882. The number of halogens is 3. The van der Waals surface area contributed by atoms with Crippen molar-refractivity contribution in [1.29, 1.82) is 0 Å². The molecule has 1 N–H and O–H groups in total. The Bertz CT molecular complexity index is 479. The second-order valence-corrected chi connectivity index (χ2v) is 18.2. The van der Waals surface area contributed by atoms with Gasteiger partial charge in [-0.3, -0.25) is 0 Å². The van der Waals surface area contributed by atoms with Gasteiger partial charge in [0.1, 0.15) is 0 Å². The first-order valence-corrected chi connectivity index (χ1v) is 16.4. The minimum absolute atomic E-state index is 0.0584. The summed E-state index contributed by atoms with van der Waals surface area (Å²) in [6, 6.07) is 2.22. The molecule has 1 rings (SSSR count). The molecular formula is C12H15As2I3O2. The van der Waals surface area contributed by atoms with Crippen LogP contribution in [0.2, 0.25) is 15.4 Å². The van der Waals surface area contributed by atoms with Gasteiger partial charge in [0, 0.05) is 0 Å². The zero-order valence-electron chi connectivity index (χ0n) is 10.6. The number of carboxylic acids is 1. The average Bonchev–Trinajstić information content (AvgIpc) is 2.27. The van der Waals surface area contributed by atoms with Crippen LogP contribution in [0.5, 0.6) is 0 Å². The second kappa shape index (κ2) is 9.21. The monoisotopic (exact) mass is 722 g/mol. The Morgan fingerprint density at radius 2 is 1.95 bits per heavy atom. The number of hydrogen-bond donors (Lipinski definition) is 1. The molecular weight excluding hydrogens is 707 g/mol. The van der Waals surface area contributed by atoms with Crippen molar-refractivity contribution in [2.24, 2.45) is 0 Å².